The van der Waals surface area contributed by atoms with Crippen LogP contribution < -0.4 is 5.32 Å². The van der Waals surface area contributed by atoms with Crippen LogP contribution >= 0.6 is 11.6 Å². The maximum atomic E-state index is 13.2. The number of nitrogens with zero attached hydrogens (tertiary/aromatic N) is 1. The molecule has 1 atom stereocenters. The van der Waals surface area contributed by atoms with Gasteiger partial charge in [-0.15, -0.1) is 0 Å². The lowest BCUT2D eigenvalue weighted by atomic mass is 10.1. The fourth-order valence-electron chi connectivity index (χ4n) is 2.55. The van der Waals surface area contributed by atoms with Gasteiger partial charge < -0.3 is 5.32 Å². The SMILES string of the molecule is Fc1cc(CNCC2CCN(CC(F)(F)F)C2)ccc1Cl. The van der Waals surface area contributed by atoms with Gasteiger partial charge in [-0.05, 0) is 43.1 Å². The molecule has 1 aromatic rings. The van der Waals surface area contributed by atoms with E-state index in [-0.39, 0.29) is 10.9 Å². The first-order valence-corrected chi connectivity index (χ1v) is 7.15. The van der Waals surface area contributed by atoms with Crippen molar-refractivity contribution >= 4 is 11.6 Å². The van der Waals surface area contributed by atoms with Crippen molar-refractivity contribution in [2.45, 2.75) is 19.1 Å². The number of hydrogen-bond acceptors (Lipinski definition) is 2. The number of hydrogen-bond donors (Lipinski definition) is 1. The van der Waals surface area contributed by atoms with Crippen molar-refractivity contribution in [2.75, 3.05) is 26.2 Å². The summed E-state index contributed by atoms with van der Waals surface area (Å²) >= 11 is 5.59. The molecule has 1 unspecified atom stereocenters. The van der Waals surface area contributed by atoms with E-state index in [4.69, 9.17) is 11.6 Å². The fraction of sp³-hybridized carbons (Fsp3) is 0.571. The Hall–Kier alpha value is -0.850. The molecule has 1 saturated heterocycles. The number of benzene rings is 1. The largest absolute Gasteiger partial charge is 0.401 e. The summed E-state index contributed by atoms with van der Waals surface area (Å²) in [6.07, 6.45) is -3.39. The van der Waals surface area contributed by atoms with E-state index in [1.807, 2.05) is 0 Å². The first kappa shape index (κ1) is 16.5. The summed E-state index contributed by atoms with van der Waals surface area (Å²) < 4.78 is 50.1. The van der Waals surface area contributed by atoms with Crippen LogP contribution in [0.15, 0.2) is 18.2 Å². The number of likely N-dealkylation sites (tertiary alicyclic amines) is 1. The first-order chi connectivity index (χ1) is 9.83. The van der Waals surface area contributed by atoms with E-state index >= 15 is 0 Å². The number of rotatable bonds is 5. The quantitative estimate of drug-likeness (QED) is 0.835. The highest BCUT2D eigenvalue weighted by Gasteiger charge is 2.34. The van der Waals surface area contributed by atoms with E-state index in [0.717, 1.165) is 12.0 Å². The molecule has 1 fully saturated rings. The Morgan fingerprint density at radius 3 is 2.76 bits per heavy atom. The average Bonchev–Trinajstić information content (AvgIpc) is 2.79. The summed E-state index contributed by atoms with van der Waals surface area (Å²) in [5.74, 6) is -0.266. The Bertz CT molecular complexity index is 479. The number of nitrogens with one attached hydrogen (secondary N) is 1. The lowest BCUT2D eigenvalue weighted by Gasteiger charge is -2.18. The average molecular weight is 325 g/mol. The lowest BCUT2D eigenvalue weighted by molar-refractivity contribution is -0.143. The lowest BCUT2D eigenvalue weighted by Crippen LogP contribution is -2.33. The molecule has 2 nitrogen and oxygen atoms in total. The van der Waals surface area contributed by atoms with E-state index in [1.54, 1.807) is 6.07 Å². The second-order valence-electron chi connectivity index (χ2n) is 5.38. The van der Waals surface area contributed by atoms with Gasteiger partial charge in [-0.1, -0.05) is 17.7 Å². The summed E-state index contributed by atoms with van der Waals surface area (Å²) in [6, 6.07) is 4.58. The minimum absolute atomic E-state index is 0.0809. The normalized spacial score (nSPS) is 20.1. The van der Waals surface area contributed by atoms with Crippen molar-refractivity contribution in [1.29, 1.82) is 0 Å². The molecule has 0 spiro atoms. The van der Waals surface area contributed by atoms with Gasteiger partial charge in [0.2, 0.25) is 0 Å². The Morgan fingerprint density at radius 2 is 2.10 bits per heavy atom. The van der Waals surface area contributed by atoms with Crippen molar-refractivity contribution in [1.82, 2.24) is 10.2 Å². The van der Waals surface area contributed by atoms with Gasteiger partial charge in [-0.2, -0.15) is 13.2 Å². The predicted molar refractivity (Wildman–Crippen MR) is 73.7 cm³/mol. The van der Waals surface area contributed by atoms with Gasteiger partial charge >= 0.3 is 6.18 Å². The van der Waals surface area contributed by atoms with Crippen LogP contribution in [0.1, 0.15) is 12.0 Å². The van der Waals surface area contributed by atoms with Gasteiger partial charge in [0, 0.05) is 13.1 Å². The van der Waals surface area contributed by atoms with Gasteiger partial charge in [0.25, 0.3) is 0 Å². The molecule has 0 aromatic heterocycles. The van der Waals surface area contributed by atoms with E-state index in [9.17, 15) is 17.6 Å². The molecule has 1 aromatic carbocycles. The molecule has 1 N–H and O–H groups in total. The molecular formula is C14H17ClF4N2. The highest BCUT2D eigenvalue weighted by molar-refractivity contribution is 6.30. The molecule has 0 aliphatic carbocycles. The molecule has 1 aliphatic heterocycles. The van der Waals surface area contributed by atoms with Crippen molar-refractivity contribution in [3.8, 4) is 0 Å². The molecule has 0 radical (unpaired) electrons. The second kappa shape index (κ2) is 6.94. The van der Waals surface area contributed by atoms with Crippen LogP contribution in [-0.2, 0) is 6.54 Å². The summed E-state index contributed by atoms with van der Waals surface area (Å²) in [5.41, 5.74) is 0.766. The van der Waals surface area contributed by atoms with Gasteiger partial charge in [0.1, 0.15) is 5.82 Å². The zero-order chi connectivity index (χ0) is 15.5. The minimum atomic E-state index is -4.14. The Kier molecular flexibility index (Phi) is 5.46. The van der Waals surface area contributed by atoms with Crippen molar-refractivity contribution in [3.63, 3.8) is 0 Å². The molecule has 0 saturated carbocycles. The van der Waals surface area contributed by atoms with Crippen molar-refractivity contribution in [3.05, 3.63) is 34.6 Å². The summed E-state index contributed by atoms with van der Waals surface area (Å²) in [6.45, 7) is 1.18. The zero-order valence-electron chi connectivity index (χ0n) is 11.4. The standard InChI is InChI=1S/C14H17ClF4N2/c15-12-2-1-10(5-13(12)16)6-20-7-11-3-4-21(8-11)9-14(17,18)19/h1-2,5,11,20H,3-4,6-9H2. The zero-order valence-corrected chi connectivity index (χ0v) is 12.1. The fourth-order valence-corrected chi connectivity index (χ4v) is 2.66. The molecule has 1 aliphatic rings. The van der Waals surface area contributed by atoms with Crippen LogP contribution in [0, 0.1) is 11.7 Å². The molecule has 1 heterocycles. The van der Waals surface area contributed by atoms with Crippen LogP contribution in [0.4, 0.5) is 17.6 Å². The first-order valence-electron chi connectivity index (χ1n) is 6.77. The molecule has 2 rings (SSSR count). The Labute approximate surface area is 126 Å². The minimum Gasteiger partial charge on any atom is -0.312 e. The second-order valence-corrected chi connectivity index (χ2v) is 5.79. The third-order valence-electron chi connectivity index (χ3n) is 3.52. The Balaban J connectivity index is 1.71. The van der Waals surface area contributed by atoms with Crippen LogP contribution in [0.2, 0.25) is 5.02 Å². The van der Waals surface area contributed by atoms with Crippen LogP contribution in [0.3, 0.4) is 0 Å². The number of alkyl halides is 3. The smallest absolute Gasteiger partial charge is 0.312 e. The van der Waals surface area contributed by atoms with Gasteiger partial charge in [-0.3, -0.25) is 4.90 Å². The molecule has 118 valence electrons. The van der Waals surface area contributed by atoms with E-state index < -0.39 is 18.5 Å². The maximum Gasteiger partial charge on any atom is 0.401 e. The maximum absolute atomic E-state index is 13.2. The van der Waals surface area contributed by atoms with Gasteiger partial charge in [-0.25, -0.2) is 4.39 Å². The monoisotopic (exact) mass is 324 g/mol. The molecule has 0 bridgehead atoms. The van der Waals surface area contributed by atoms with Crippen LogP contribution in [-0.4, -0.2) is 37.3 Å². The summed E-state index contributed by atoms with van der Waals surface area (Å²) in [4.78, 5) is 1.42. The van der Waals surface area contributed by atoms with Crippen molar-refractivity contribution < 1.29 is 17.6 Å². The molecule has 7 heteroatoms. The van der Waals surface area contributed by atoms with E-state index in [0.29, 0.717) is 26.2 Å². The van der Waals surface area contributed by atoms with Crippen LogP contribution in [0.25, 0.3) is 0 Å². The summed E-state index contributed by atoms with van der Waals surface area (Å²) in [5, 5.41) is 3.24. The third kappa shape index (κ3) is 5.45. The highest BCUT2D eigenvalue weighted by Crippen LogP contribution is 2.22. The Morgan fingerprint density at radius 1 is 1.33 bits per heavy atom. The molecule has 21 heavy (non-hydrogen) atoms. The van der Waals surface area contributed by atoms with E-state index in [1.165, 1.54) is 17.0 Å². The van der Waals surface area contributed by atoms with Gasteiger partial charge in [0.15, 0.2) is 0 Å². The summed E-state index contributed by atoms with van der Waals surface area (Å²) in [7, 11) is 0. The van der Waals surface area contributed by atoms with E-state index in [2.05, 4.69) is 5.32 Å². The predicted octanol–water partition coefficient (Wildman–Crippen LogP) is 3.45. The topological polar surface area (TPSA) is 15.3 Å². The molecular weight excluding hydrogens is 308 g/mol. The number of halogens is 5. The molecule has 0 amide bonds. The highest BCUT2D eigenvalue weighted by atomic mass is 35.5. The van der Waals surface area contributed by atoms with Crippen LogP contribution in [0.5, 0.6) is 0 Å². The third-order valence-corrected chi connectivity index (χ3v) is 3.83. The van der Waals surface area contributed by atoms with Gasteiger partial charge in [0.05, 0.1) is 11.6 Å². The van der Waals surface area contributed by atoms with Crippen molar-refractivity contribution in [2.24, 2.45) is 5.92 Å².